The standard InChI is InChI=1S/C8H12O2/c1-3-5-7(6-4-2)8(9)10/h3,5H,1,4,6H2,2H3,(H,9,10)/b7-5-. The van der Waals surface area contributed by atoms with Gasteiger partial charge in [0.1, 0.15) is 0 Å². The SMILES string of the molecule is C=C/C=C(/CCC)C(=O)O. The predicted molar refractivity (Wildman–Crippen MR) is 40.8 cm³/mol. The van der Waals surface area contributed by atoms with Crippen molar-refractivity contribution in [2.45, 2.75) is 19.8 Å². The van der Waals surface area contributed by atoms with Gasteiger partial charge in [-0.05, 0) is 6.42 Å². The summed E-state index contributed by atoms with van der Waals surface area (Å²) in [5.41, 5.74) is 0.428. The smallest absolute Gasteiger partial charge is 0.331 e. The van der Waals surface area contributed by atoms with Crippen LogP contribution in [0.2, 0.25) is 0 Å². The Morgan fingerprint density at radius 3 is 2.60 bits per heavy atom. The molecule has 0 fully saturated rings. The van der Waals surface area contributed by atoms with Crippen molar-refractivity contribution in [2.75, 3.05) is 0 Å². The summed E-state index contributed by atoms with van der Waals surface area (Å²) in [5, 5.41) is 8.52. The lowest BCUT2D eigenvalue weighted by atomic mass is 10.1. The Balaban J connectivity index is 4.11. The van der Waals surface area contributed by atoms with Crippen LogP contribution in [0.15, 0.2) is 24.3 Å². The summed E-state index contributed by atoms with van der Waals surface area (Å²) in [4.78, 5) is 10.4. The zero-order valence-electron chi connectivity index (χ0n) is 6.13. The van der Waals surface area contributed by atoms with Crippen molar-refractivity contribution in [1.82, 2.24) is 0 Å². The van der Waals surface area contributed by atoms with E-state index in [-0.39, 0.29) is 0 Å². The first-order valence-corrected chi connectivity index (χ1v) is 3.27. The topological polar surface area (TPSA) is 37.3 Å². The van der Waals surface area contributed by atoms with E-state index in [4.69, 9.17) is 5.11 Å². The summed E-state index contributed by atoms with van der Waals surface area (Å²) >= 11 is 0. The van der Waals surface area contributed by atoms with Gasteiger partial charge in [-0.2, -0.15) is 0 Å². The lowest BCUT2D eigenvalue weighted by molar-refractivity contribution is -0.132. The second-order valence-electron chi connectivity index (χ2n) is 1.98. The highest BCUT2D eigenvalue weighted by atomic mass is 16.4. The molecule has 56 valence electrons. The molecule has 0 aromatic rings. The van der Waals surface area contributed by atoms with Crippen molar-refractivity contribution in [2.24, 2.45) is 0 Å². The second kappa shape index (κ2) is 4.79. The zero-order chi connectivity index (χ0) is 7.98. The van der Waals surface area contributed by atoms with E-state index >= 15 is 0 Å². The van der Waals surface area contributed by atoms with E-state index in [1.165, 1.54) is 12.2 Å². The predicted octanol–water partition coefficient (Wildman–Crippen LogP) is 1.98. The molecule has 0 atom stereocenters. The van der Waals surface area contributed by atoms with Crippen molar-refractivity contribution < 1.29 is 9.90 Å². The van der Waals surface area contributed by atoms with Crippen LogP contribution in [0.5, 0.6) is 0 Å². The summed E-state index contributed by atoms with van der Waals surface area (Å²) in [7, 11) is 0. The lowest BCUT2D eigenvalue weighted by Crippen LogP contribution is -1.99. The van der Waals surface area contributed by atoms with Gasteiger partial charge in [-0.1, -0.05) is 32.1 Å². The highest BCUT2D eigenvalue weighted by Gasteiger charge is 2.02. The largest absolute Gasteiger partial charge is 0.478 e. The Morgan fingerprint density at radius 1 is 1.70 bits per heavy atom. The first-order valence-electron chi connectivity index (χ1n) is 3.27. The van der Waals surface area contributed by atoms with E-state index in [2.05, 4.69) is 6.58 Å². The molecule has 2 heteroatoms. The highest BCUT2D eigenvalue weighted by molar-refractivity contribution is 5.86. The maximum Gasteiger partial charge on any atom is 0.331 e. The number of hydrogen-bond acceptors (Lipinski definition) is 1. The van der Waals surface area contributed by atoms with Gasteiger partial charge < -0.3 is 5.11 Å². The highest BCUT2D eigenvalue weighted by Crippen LogP contribution is 2.04. The molecule has 0 saturated heterocycles. The Kier molecular flexibility index (Phi) is 4.29. The fraction of sp³-hybridized carbons (Fsp3) is 0.375. The van der Waals surface area contributed by atoms with Gasteiger partial charge in [-0.3, -0.25) is 0 Å². The molecule has 0 aromatic heterocycles. The van der Waals surface area contributed by atoms with Crippen molar-refractivity contribution >= 4 is 5.97 Å². The van der Waals surface area contributed by atoms with Gasteiger partial charge in [-0.25, -0.2) is 4.79 Å². The fourth-order valence-corrected chi connectivity index (χ4v) is 0.673. The number of carboxylic acid groups (broad SMARTS) is 1. The zero-order valence-corrected chi connectivity index (χ0v) is 6.13. The quantitative estimate of drug-likeness (QED) is 0.479. The number of rotatable bonds is 4. The molecule has 0 saturated carbocycles. The van der Waals surface area contributed by atoms with Crippen LogP contribution in [0, 0.1) is 0 Å². The maximum atomic E-state index is 10.4. The molecule has 0 rings (SSSR count). The van der Waals surface area contributed by atoms with Crippen LogP contribution in [0.1, 0.15) is 19.8 Å². The fourth-order valence-electron chi connectivity index (χ4n) is 0.673. The van der Waals surface area contributed by atoms with Crippen LogP contribution in [0.4, 0.5) is 0 Å². The number of carbonyl (C=O) groups is 1. The summed E-state index contributed by atoms with van der Waals surface area (Å²) in [6.45, 7) is 5.37. The molecule has 0 aliphatic carbocycles. The van der Waals surface area contributed by atoms with Crippen LogP contribution in [0.25, 0.3) is 0 Å². The molecule has 0 aliphatic rings. The van der Waals surface area contributed by atoms with E-state index in [1.807, 2.05) is 6.92 Å². The normalized spacial score (nSPS) is 11.1. The number of carboxylic acids is 1. The van der Waals surface area contributed by atoms with E-state index in [9.17, 15) is 4.79 Å². The molecule has 0 bridgehead atoms. The van der Waals surface area contributed by atoms with Crippen molar-refractivity contribution in [3.8, 4) is 0 Å². The summed E-state index contributed by atoms with van der Waals surface area (Å²) < 4.78 is 0. The van der Waals surface area contributed by atoms with Gasteiger partial charge in [-0.15, -0.1) is 0 Å². The lowest BCUT2D eigenvalue weighted by Gasteiger charge is -1.95. The van der Waals surface area contributed by atoms with Gasteiger partial charge in [0.15, 0.2) is 0 Å². The Hall–Kier alpha value is -1.05. The third-order valence-corrected chi connectivity index (χ3v) is 1.11. The number of hydrogen-bond donors (Lipinski definition) is 1. The molecule has 0 heterocycles. The van der Waals surface area contributed by atoms with Gasteiger partial charge in [0.2, 0.25) is 0 Å². The Bertz CT molecular complexity index is 157. The second-order valence-corrected chi connectivity index (χ2v) is 1.98. The third-order valence-electron chi connectivity index (χ3n) is 1.11. The Labute approximate surface area is 60.9 Å². The minimum atomic E-state index is -0.846. The van der Waals surface area contributed by atoms with Gasteiger partial charge in [0.05, 0.1) is 0 Å². The average Bonchev–Trinajstić information content (AvgIpc) is 1.87. The van der Waals surface area contributed by atoms with E-state index in [0.717, 1.165) is 6.42 Å². The summed E-state index contributed by atoms with van der Waals surface area (Å²) in [6.07, 6.45) is 4.50. The molecule has 1 N–H and O–H groups in total. The average molecular weight is 140 g/mol. The summed E-state index contributed by atoms with van der Waals surface area (Å²) in [6, 6.07) is 0. The van der Waals surface area contributed by atoms with E-state index < -0.39 is 5.97 Å². The van der Waals surface area contributed by atoms with Crippen LogP contribution in [-0.4, -0.2) is 11.1 Å². The van der Waals surface area contributed by atoms with Gasteiger partial charge >= 0.3 is 5.97 Å². The molecule has 2 nitrogen and oxygen atoms in total. The van der Waals surface area contributed by atoms with Crippen LogP contribution >= 0.6 is 0 Å². The Morgan fingerprint density at radius 2 is 2.30 bits per heavy atom. The monoisotopic (exact) mass is 140 g/mol. The number of allylic oxidation sites excluding steroid dienone is 2. The first kappa shape index (κ1) is 8.95. The first-order chi connectivity index (χ1) is 4.72. The van der Waals surface area contributed by atoms with Gasteiger partial charge in [0, 0.05) is 5.57 Å². The molecule has 0 aromatic carbocycles. The maximum absolute atomic E-state index is 10.4. The molecular formula is C8H12O2. The molecular weight excluding hydrogens is 128 g/mol. The van der Waals surface area contributed by atoms with Gasteiger partial charge in [0.25, 0.3) is 0 Å². The van der Waals surface area contributed by atoms with Crippen molar-refractivity contribution in [3.05, 3.63) is 24.3 Å². The molecule has 0 radical (unpaired) electrons. The minimum Gasteiger partial charge on any atom is -0.478 e. The van der Waals surface area contributed by atoms with Crippen molar-refractivity contribution in [3.63, 3.8) is 0 Å². The third kappa shape index (κ3) is 3.07. The number of aliphatic carboxylic acids is 1. The van der Waals surface area contributed by atoms with Crippen LogP contribution in [0.3, 0.4) is 0 Å². The molecule has 0 amide bonds. The van der Waals surface area contributed by atoms with E-state index in [0.29, 0.717) is 12.0 Å². The molecule has 0 aliphatic heterocycles. The van der Waals surface area contributed by atoms with Crippen LogP contribution in [-0.2, 0) is 4.79 Å². The minimum absolute atomic E-state index is 0.428. The molecule has 0 spiro atoms. The molecule has 10 heavy (non-hydrogen) atoms. The van der Waals surface area contributed by atoms with Crippen molar-refractivity contribution in [1.29, 1.82) is 0 Å². The molecule has 0 unspecified atom stereocenters. The summed E-state index contributed by atoms with van der Waals surface area (Å²) in [5.74, 6) is -0.846. The van der Waals surface area contributed by atoms with E-state index in [1.54, 1.807) is 0 Å². The van der Waals surface area contributed by atoms with Crippen LogP contribution < -0.4 is 0 Å².